The summed E-state index contributed by atoms with van der Waals surface area (Å²) in [4.78, 5) is 16.6. The Balaban J connectivity index is 2.33. The second-order valence-corrected chi connectivity index (χ2v) is 6.57. The molecule has 0 aromatic carbocycles. The molecule has 0 unspecified atom stereocenters. The summed E-state index contributed by atoms with van der Waals surface area (Å²) in [5.41, 5.74) is 0.504. The molecular formula is C13H19NO2S. The molecule has 1 aliphatic rings. The molecule has 1 aromatic heterocycles. The molecule has 0 amide bonds. The average molecular weight is 253 g/mol. The van der Waals surface area contributed by atoms with Crippen LogP contribution in [-0.4, -0.2) is 18.1 Å². The normalized spacial score (nSPS) is 18.6. The number of carbonyl (C=O) groups excluding carboxylic acids is 1. The summed E-state index contributed by atoms with van der Waals surface area (Å²) < 4.78 is 4.93. The molecule has 4 heteroatoms. The Morgan fingerprint density at radius 3 is 2.47 bits per heavy atom. The molecule has 94 valence electrons. The van der Waals surface area contributed by atoms with Crippen LogP contribution in [0.15, 0.2) is 5.38 Å². The van der Waals surface area contributed by atoms with Crippen molar-refractivity contribution in [3.8, 4) is 0 Å². The Bertz CT molecular complexity index is 427. The second-order valence-electron chi connectivity index (χ2n) is 5.72. The van der Waals surface area contributed by atoms with Gasteiger partial charge >= 0.3 is 5.97 Å². The highest BCUT2D eigenvalue weighted by Crippen LogP contribution is 2.45. The van der Waals surface area contributed by atoms with Gasteiger partial charge in [-0.05, 0) is 12.8 Å². The molecule has 0 saturated heterocycles. The predicted octanol–water partition coefficient (Wildman–Crippen LogP) is 3.04. The first-order chi connectivity index (χ1) is 7.90. The molecule has 1 aliphatic carbocycles. The van der Waals surface area contributed by atoms with Crippen molar-refractivity contribution in [1.29, 1.82) is 0 Å². The lowest BCUT2D eigenvalue weighted by atomic mass is 9.67. The lowest BCUT2D eigenvalue weighted by molar-refractivity contribution is -0.151. The van der Waals surface area contributed by atoms with Gasteiger partial charge in [-0.2, -0.15) is 0 Å². The number of carbonyl (C=O) groups is 1. The van der Waals surface area contributed by atoms with Crippen molar-refractivity contribution in [2.45, 2.75) is 50.9 Å². The lowest BCUT2D eigenvalue weighted by Crippen LogP contribution is -2.43. The highest BCUT2D eigenvalue weighted by molar-refractivity contribution is 7.09. The van der Waals surface area contributed by atoms with Crippen molar-refractivity contribution in [3.63, 3.8) is 0 Å². The first-order valence-corrected chi connectivity index (χ1v) is 6.83. The number of thiazole rings is 1. The summed E-state index contributed by atoms with van der Waals surface area (Å²) in [7, 11) is 1.46. The van der Waals surface area contributed by atoms with Crippen LogP contribution in [0.25, 0.3) is 0 Å². The first-order valence-electron chi connectivity index (χ1n) is 5.95. The summed E-state index contributed by atoms with van der Waals surface area (Å²) >= 11 is 1.64. The van der Waals surface area contributed by atoms with E-state index in [4.69, 9.17) is 4.74 Å². The van der Waals surface area contributed by atoms with Crippen molar-refractivity contribution in [3.05, 3.63) is 16.1 Å². The molecule has 3 nitrogen and oxygen atoms in total. The molecular weight excluding hydrogens is 234 g/mol. The maximum Gasteiger partial charge on any atom is 0.317 e. The Morgan fingerprint density at radius 1 is 1.47 bits per heavy atom. The molecule has 1 fully saturated rings. The summed E-state index contributed by atoms with van der Waals surface area (Å²) in [5, 5.41) is 3.11. The topological polar surface area (TPSA) is 39.2 Å². The fraction of sp³-hybridized carbons (Fsp3) is 0.692. The number of nitrogens with zero attached hydrogens (tertiary/aromatic N) is 1. The highest BCUT2D eigenvalue weighted by Gasteiger charge is 2.48. The van der Waals surface area contributed by atoms with Crippen molar-refractivity contribution in [2.24, 2.45) is 0 Å². The Hall–Kier alpha value is -0.900. The third-order valence-electron chi connectivity index (χ3n) is 3.42. The first kappa shape index (κ1) is 12.6. The minimum atomic E-state index is -0.450. The van der Waals surface area contributed by atoms with Gasteiger partial charge in [-0.25, -0.2) is 4.98 Å². The zero-order chi connectivity index (χ0) is 12.7. The standard InChI is InChI=1S/C13H19NO2S/c1-12(2,3)10-14-9(8-17-10)13(6-5-7-13)11(15)16-4/h8H,5-7H2,1-4H3. The summed E-state index contributed by atoms with van der Waals surface area (Å²) in [5.74, 6) is -0.130. The molecule has 0 spiro atoms. The minimum absolute atomic E-state index is 0.0456. The molecule has 0 bridgehead atoms. The molecule has 0 aliphatic heterocycles. The number of esters is 1. The van der Waals surface area contributed by atoms with Gasteiger partial charge in [0.1, 0.15) is 5.41 Å². The Kier molecular flexibility index (Phi) is 3.02. The van der Waals surface area contributed by atoms with Crippen LogP contribution in [0.2, 0.25) is 0 Å². The molecule has 0 atom stereocenters. The van der Waals surface area contributed by atoms with Gasteiger partial charge in [0.2, 0.25) is 0 Å². The monoisotopic (exact) mass is 253 g/mol. The predicted molar refractivity (Wildman–Crippen MR) is 68.4 cm³/mol. The van der Waals surface area contributed by atoms with Gasteiger partial charge in [0, 0.05) is 10.8 Å². The maximum absolute atomic E-state index is 11.9. The van der Waals surface area contributed by atoms with Gasteiger partial charge in [-0.15, -0.1) is 11.3 Å². The number of aromatic nitrogens is 1. The van der Waals surface area contributed by atoms with Crippen molar-refractivity contribution < 1.29 is 9.53 Å². The molecule has 0 N–H and O–H groups in total. The third kappa shape index (κ3) is 1.99. The van der Waals surface area contributed by atoms with E-state index in [9.17, 15) is 4.79 Å². The van der Waals surface area contributed by atoms with Gasteiger partial charge in [-0.1, -0.05) is 27.2 Å². The summed E-state index contributed by atoms with van der Waals surface area (Å²) in [6.45, 7) is 6.42. The second kappa shape index (κ2) is 4.09. The third-order valence-corrected chi connectivity index (χ3v) is 4.69. The van der Waals surface area contributed by atoms with Crippen molar-refractivity contribution in [2.75, 3.05) is 7.11 Å². The molecule has 17 heavy (non-hydrogen) atoms. The zero-order valence-corrected chi connectivity index (χ0v) is 11.7. The smallest absolute Gasteiger partial charge is 0.317 e. The number of ether oxygens (including phenoxy) is 1. The molecule has 1 saturated carbocycles. The quantitative estimate of drug-likeness (QED) is 0.760. The molecule has 1 heterocycles. The van der Waals surface area contributed by atoms with Crippen LogP contribution in [0.1, 0.15) is 50.7 Å². The largest absolute Gasteiger partial charge is 0.468 e. The Labute approximate surface area is 106 Å². The van der Waals surface area contributed by atoms with Crippen molar-refractivity contribution in [1.82, 2.24) is 4.98 Å². The van der Waals surface area contributed by atoms with E-state index in [0.29, 0.717) is 0 Å². The van der Waals surface area contributed by atoms with E-state index in [-0.39, 0.29) is 11.4 Å². The molecule has 1 aromatic rings. The summed E-state index contributed by atoms with van der Waals surface area (Å²) in [6.07, 6.45) is 2.82. The molecule has 2 rings (SSSR count). The zero-order valence-electron chi connectivity index (χ0n) is 10.9. The fourth-order valence-electron chi connectivity index (χ4n) is 2.13. The van der Waals surface area contributed by atoms with E-state index in [1.807, 2.05) is 5.38 Å². The van der Waals surface area contributed by atoms with E-state index in [1.54, 1.807) is 11.3 Å². The van der Waals surface area contributed by atoms with Crippen LogP contribution in [-0.2, 0) is 20.4 Å². The van der Waals surface area contributed by atoms with Crippen molar-refractivity contribution >= 4 is 17.3 Å². The van der Waals surface area contributed by atoms with E-state index < -0.39 is 5.41 Å². The number of hydrogen-bond donors (Lipinski definition) is 0. The van der Waals surface area contributed by atoms with Gasteiger partial charge in [0.25, 0.3) is 0 Å². The number of hydrogen-bond acceptors (Lipinski definition) is 4. The highest BCUT2D eigenvalue weighted by atomic mass is 32.1. The van der Waals surface area contributed by atoms with E-state index >= 15 is 0 Å². The van der Waals surface area contributed by atoms with Gasteiger partial charge in [0.05, 0.1) is 17.8 Å². The van der Waals surface area contributed by atoms with Gasteiger partial charge < -0.3 is 4.74 Å². The van der Waals surface area contributed by atoms with Gasteiger partial charge in [0.15, 0.2) is 0 Å². The minimum Gasteiger partial charge on any atom is -0.468 e. The molecule has 0 radical (unpaired) electrons. The number of methoxy groups -OCH3 is 1. The van der Waals surface area contributed by atoms with E-state index in [0.717, 1.165) is 30.0 Å². The van der Waals surface area contributed by atoms with Crippen LogP contribution in [0, 0.1) is 0 Å². The van der Waals surface area contributed by atoms with Crippen LogP contribution in [0.4, 0.5) is 0 Å². The maximum atomic E-state index is 11.9. The van der Waals surface area contributed by atoms with E-state index in [1.165, 1.54) is 7.11 Å². The van der Waals surface area contributed by atoms with Crippen LogP contribution >= 0.6 is 11.3 Å². The fourth-order valence-corrected chi connectivity index (χ4v) is 3.13. The van der Waals surface area contributed by atoms with Crippen LogP contribution in [0.5, 0.6) is 0 Å². The lowest BCUT2D eigenvalue weighted by Gasteiger charge is -2.37. The summed E-state index contributed by atoms with van der Waals surface area (Å²) in [6, 6.07) is 0. The Morgan fingerprint density at radius 2 is 2.12 bits per heavy atom. The van der Waals surface area contributed by atoms with Crippen LogP contribution < -0.4 is 0 Å². The van der Waals surface area contributed by atoms with Crippen LogP contribution in [0.3, 0.4) is 0 Å². The van der Waals surface area contributed by atoms with E-state index in [2.05, 4.69) is 25.8 Å². The van der Waals surface area contributed by atoms with Gasteiger partial charge in [-0.3, -0.25) is 4.79 Å². The SMILES string of the molecule is COC(=O)C1(c2csc(C(C)(C)C)n2)CCC1. The number of rotatable bonds is 2. The average Bonchev–Trinajstić information content (AvgIpc) is 2.64.